The average Bonchev–Trinajstić information content (AvgIpc) is 3.06. The van der Waals surface area contributed by atoms with Crippen molar-refractivity contribution >= 4 is 22.6 Å². The van der Waals surface area contributed by atoms with Crippen LogP contribution < -0.4 is 5.32 Å². The number of pyridine rings is 2. The van der Waals surface area contributed by atoms with Crippen molar-refractivity contribution in [3.05, 3.63) is 72.8 Å². The molecule has 2 N–H and O–H groups in total. The molecule has 0 radical (unpaired) electrons. The number of hydrogen-bond acceptors (Lipinski definition) is 4. The molecule has 3 heterocycles. The smallest absolute Gasteiger partial charge is 0.274 e. The molecule has 1 amide bonds. The van der Waals surface area contributed by atoms with Gasteiger partial charge in [0.25, 0.3) is 5.91 Å². The molecule has 0 spiro atoms. The standard InChI is InChI=1S/C18H13N5O/c24-18(15-5-1-2-9-20-15)21-13-6-7-14-16(10-13)23-17(22-14)12-4-3-8-19-11-12/h1-11H,(H,21,24)(H,22,23). The number of H-pyrrole nitrogens is 1. The molecule has 0 saturated carbocycles. The molecular weight excluding hydrogens is 302 g/mol. The van der Waals surface area contributed by atoms with Crippen molar-refractivity contribution in [2.24, 2.45) is 0 Å². The van der Waals surface area contributed by atoms with E-state index in [1.165, 1.54) is 0 Å². The Kier molecular flexibility index (Phi) is 3.47. The average molecular weight is 315 g/mol. The van der Waals surface area contributed by atoms with Crippen molar-refractivity contribution in [2.45, 2.75) is 0 Å². The molecule has 3 aromatic heterocycles. The number of benzene rings is 1. The number of carbonyl (C=O) groups is 1. The fourth-order valence-electron chi connectivity index (χ4n) is 2.42. The van der Waals surface area contributed by atoms with Gasteiger partial charge in [0.15, 0.2) is 0 Å². The molecule has 0 atom stereocenters. The third-order valence-corrected chi connectivity index (χ3v) is 3.57. The van der Waals surface area contributed by atoms with Crippen LogP contribution in [-0.4, -0.2) is 25.8 Å². The Morgan fingerprint density at radius 3 is 2.79 bits per heavy atom. The minimum Gasteiger partial charge on any atom is -0.338 e. The SMILES string of the molecule is O=C(Nc1ccc2nc(-c3cccnc3)[nH]c2c1)c1ccccn1. The molecule has 24 heavy (non-hydrogen) atoms. The Balaban J connectivity index is 1.63. The van der Waals surface area contributed by atoms with Gasteiger partial charge in [0.05, 0.1) is 11.0 Å². The van der Waals surface area contributed by atoms with Gasteiger partial charge in [0.2, 0.25) is 0 Å². The summed E-state index contributed by atoms with van der Waals surface area (Å²) in [6.45, 7) is 0. The first-order valence-corrected chi connectivity index (χ1v) is 7.42. The zero-order valence-electron chi connectivity index (χ0n) is 12.6. The van der Waals surface area contributed by atoms with E-state index in [1.54, 1.807) is 36.8 Å². The summed E-state index contributed by atoms with van der Waals surface area (Å²) in [6.07, 6.45) is 5.06. The van der Waals surface area contributed by atoms with Gasteiger partial charge in [0.1, 0.15) is 11.5 Å². The summed E-state index contributed by atoms with van der Waals surface area (Å²) < 4.78 is 0. The monoisotopic (exact) mass is 315 g/mol. The van der Waals surface area contributed by atoms with Crippen LogP contribution in [0.25, 0.3) is 22.4 Å². The minimum atomic E-state index is -0.248. The summed E-state index contributed by atoms with van der Waals surface area (Å²) >= 11 is 0. The molecule has 0 unspecified atom stereocenters. The summed E-state index contributed by atoms with van der Waals surface area (Å²) in [6, 6.07) is 14.5. The Hall–Kier alpha value is -3.54. The van der Waals surface area contributed by atoms with Gasteiger partial charge in [-0.1, -0.05) is 6.07 Å². The van der Waals surface area contributed by atoms with Crippen LogP contribution >= 0.6 is 0 Å². The van der Waals surface area contributed by atoms with Gasteiger partial charge >= 0.3 is 0 Å². The molecule has 0 aliphatic heterocycles. The second kappa shape index (κ2) is 5.92. The van der Waals surface area contributed by atoms with E-state index in [0.29, 0.717) is 11.4 Å². The summed E-state index contributed by atoms with van der Waals surface area (Å²) in [5.41, 5.74) is 3.63. The predicted molar refractivity (Wildman–Crippen MR) is 91.5 cm³/mol. The zero-order valence-corrected chi connectivity index (χ0v) is 12.6. The van der Waals surface area contributed by atoms with Crippen LogP contribution in [0.1, 0.15) is 10.5 Å². The predicted octanol–water partition coefficient (Wildman–Crippen LogP) is 3.27. The van der Waals surface area contributed by atoms with E-state index in [2.05, 4.69) is 25.3 Å². The molecule has 0 aliphatic rings. The van der Waals surface area contributed by atoms with Crippen molar-refractivity contribution in [3.63, 3.8) is 0 Å². The zero-order chi connectivity index (χ0) is 16.4. The van der Waals surface area contributed by atoms with E-state index in [1.807, 2.05) is 30.3 Å². The van der Waals surface area contributed by atoms with Crippen molar-refractivity contribution < 1.29 is 4.79 Å². The quantitative estimate of drug-likeness (QED) is 0.608. The molecule has 0 aliphatic carbocycles. The summed E-state index contributed by atoms with van der Waals surface area (Å²) in [5, 5.41) is 2.84. The number of anilines is 1. The number of nitrogens with one attached hydrogen (secondary N) is 2. The Labute approximate surface area is 137 Å². The van der Waals surface area contributed by atoms with E-state index >= 15 is 0 Å². The fourth-order valence-corrected chi connectivity index (χ4v) is 2.42. The Morgan fingerprint density at radius 2 is 2.00 bits per heavy atom. The lowest BCUT2D eigenvalue weighted by Gasteiger charge is -2.04. The number of nitrogens with zero attached hydrogens (tertiary/aromatic N) is 3. The summed E-state index contributed by atoms with van der Waals surface area (Å²) in [7, 11) is 0. The minimum absolute atomic E-state index is 0.248. The molecule has 0 fully saturated rings. The molecular formula is C18H13N5O. The van der Waals surface area contributed by atoms with Gasteiger partial charge < -0.3 is 10.3 Å². The largest absolute Gasteiger partial charge is 0.338 e. The number of carbonyl (C=O) groups excluding carboxylic acids is 1. The first-order valence-electron chi connectivity index (χ1n) is 7.42. The van der Waals surface area contributed by atoms with Crippen LogP contribution in [0.5, 0.6) is 0 Å². The third kappa shape index (κ3) is 2.72. The lowest BCUT2D eigenvalue weighted by atomic mass is 10.2. The number of fused-ring (bicyclic) bond motifs is 1. The van der Waals surface area contributed by atoms with E-state index in [4.69, 9.17) is 0 Å². The van der Waals surface area contributed by atoms with Crippen LogP contribution in [0.3, 0.4) is 0 Å². The molecule has 0 bridgehead atoms. The van der Waals surface area contributed by atoms with Crippen molar-refractivity contribution in [3.8, 4) is 11.4 Å². The highest BCUT2D eigenvalue weighted by Crippen LogP contribution is 2.22. The van der Waals surface area contributed by atoms with E-state index in [-0.39, 0.29) is 5.91 Å². The molecule has 4 aromatic rings. The molecule has 1 aromatic carbocycles. The maximum absolute atomic E-state index is 12.2. The highest BCUT2D eigenvalue weighted by Gasteiger charge is 2.09. The van der Waals surface area contributed by atoms with Crippen LogP contribution in [0, 0.1) is 0 Å². The summed E-state index contributed by atoms with van der Waals surface area (Å²) in [5.74, 6) is 0.494. The number of aromatic amines is 1. The Bertz CT molecular complexity index is 996. The van der Waals surface area contributed by atoms with Crippen LogP contribution in [0.15, 0.2) is 67.1 Å². The van der Waals surface area contributed by atoms with Gasteiger partial charge in [-0.15, -0.1) is 0 Å². The number of rotatable bonds is 3. The second-order valence-corrected chi connectivity index (χ2v) is 5.23. The van der Waals surface area contributed by atoms with Gasteiger partial charge in [0, 0.05) is 29.8 Å². The molecule has 6 nitrogen and oxygen atoms in total. The second-order valence-electron chi connectivity index (χ2n) is 5.23. The van der Waals surface area contributed by atoms with Crippen LogP contribution in [0.4, 0.5) is 5.69 Å². The van der Waals surface area contributed by atoms with Gasteiger partial charge in [-0.05, 0) is 42.5 Å². The highest BCUT2D eigenvalue weighted by molar-refractivity contribution is 6.03. The van der Waals surface area contributed by atoms with E-state index in [0.717, 1.165) is 22.4 Å². The number of hydrogen-bond donors (Lipinski definition) is 2. The van der Waals surface area contributed by atoms with Gasteiger partial charge in [-0.2, -0.15) is 0 Å². The molecule has 0 saturated heterocycles. The maximum atomic E-state index is 12.2. The molecule has 6 heteroatoms. The number of amides is 1. The lowest BCUT2D eigenvalue weighted by molar-refractivity contribution is 0.102. The van der Waals surface area contributed by atoms with E-state index in [9.17, 15) is 4.79 Å². The first kappa shape index (κ1) is 14.1. The van der Waals surface area contributed by atoms with Crippen molar-refractivity contribution in [1.82, 2.24) is 19.9 Å². The van der Waals surface area contributed by atoms with Crippen molar-refractivity contribution in [2.75, 3.05) is 5.32 Å². The lowest BCUT2D eigenvalue weighted by Crippen LogP contribution is -2.13. The van der Waals surface area contributed by atoms with Crippen LogP contribution in [0.2, 0.25) is 0 Å². The molecule has 116 valence electrons. The topological polar surface area (TPSA) is 83.6 Å². The number of aromatic nitrogens is 4. The highest BCUT2D eigenvalue weighted by atomic mass is 16.1. The van der Waals surface area contributed by atoms with Crippen LogP contribution in [-0.2, 0) is 0 Å². The Morgan fingerprint density at radius 1 is 1.04 bits per heavy atom. The van der Waals surface area contributed by atoms with Gasteiger partial charge in [-0.25, -0.2) is 4.98 Å². The first-order chi connectivity index (χ1) is 11.8. The van der Waals surface area contributed by atoms with E-state index < -0.39 is 0 Å². The summed E-state index contributed by atoms with van der Waals surface area (Å²) in [4.78, 5) is 28.1. The normalized spacial score (nSPS) is 10.7. The van der Waals surface area contributed by atoms with Crippen molar-refractivity contribution in [1.29, 1.82) is 0 Å². The molecule has 4 rings (SSSR count). The number of imidazole rings is 1. The maximum Gasteiger partial charge on any atom is 0.274 e. The van der Waals surface area contributed by atoms with Gasteiger partial charge in [-0.3, -0.25) is 14.8 Å². The third-order valence-electron chi connectivity index (χ3n) is 3.57. The fraction of sp³-hybridized carbons (Fsp3) is 0.